The Hall–Kier alpha value is -1.90. The van der Waals surface area contributed by atoms with Gasteiger partial charge in [-0.1, -0.05) is 30.3 Å². The second-order valence-corrected chi connectivity index (χ2v) is 3.58. The number of rotatable bonds is 4. The summed E-state index contributed by atoms with van der Waals surface area (Å²) in [5.41, 5.74) is 1.29. The van der Waals surface area contributed by atoms with Crippen LogP contribution in [0, 0.1) is 0 Å². The van der Waals surface area contributed by atoms with Gasteiger partial charge in [-0.05, 0) is 24.6 Å². The Morgan fingerprint density at radius 1 is 1.06 bits per heavy atom. The van der Waals surface area contributed by atoms with Crippen molar-refractivity contribution in [3.8, 4) is 0 Å². The van der Waals surface area contributed by atoms with E-state index in [0.717, 1.165) is 18.9 Å². The maximum Gasteiger partial charge on any atom is 0.151 e. The topological polar surface area (TPSA) is 29.0 Å². The molecule has 3 heteroatoms. The SMILES string of the molecule is CCN(Cc1ccccc1)c1cccnn1. The van der Waals surface area contributed by atoms with Crippen molar-refractivity contribution in [2.75, 3.05) is 11.4 Å². The molecule has 0 aliphatic heterocycles. The van der Waals surface area contributed by atoms with E-state index in [-0.39, 0.29) is 0 Å². The number of anilines is 1. The van der Waals surface area contributed by atoms with Gasteiger partial charge in [-0.2, -0.15) is 5.10 Å². The molecule has 2 aromatic rings. The van der Waals surface area contributed by atoms with E-state index in [2.05, 4.69) is 46.3 Å². The van der Waals surface area contributed by atoms with Crippen molar-refractivity contribution in [1.82, 2.24) is 10.2 Å². The van der Waals surface area contributed by atoms with Crippen molar-refractivity contribution in [2.45, 2.75) is 13.5 Å². The molecule has 0 bridgehead atoms. The quantitative estimate of drug-likeness (QED) is 0.781. The predicted molar refractivity (Wildman–Crippen MR) is 65.2 cm³/mol. The van der Waals surface area contributed by atoms with Crippen molar-refractivity contribution in [3.05, 3.63) is 54.2 Å². The maximum absolute atomic E-state index is 4.12. The third kappa shape index (κ3) is 2.57. The minimum atomic E-state index is 0.871. The number of benzene rings is 1. The molecule has 0 spiro atoms. The Morgan fingerprint density at radius 3 is 2.50 bits per heavy atom. The van der Waals surface area contributed by atoms with Crippen LogP contribution >= 0.6 is 0 Å². The van der Waals surface area contributed by atoms with Gasteiger partial charge in [-0.3, -0.25) is 0 Å². The van der Waals surface area contributed by atoms with Crippen LogP contribution < -0.4 is 4.90 Å². The molecule has 2 rings (SSSR count). The van der Waals surface area contributed by atoms with E-state index >= 15 is 0 Å². The molecule has 0 amide bonds. The molecule has 0 unspecified atom stereocenters. The molecule has 1 heterocycles. The minimum absolute atomic E-state index is 0.871. The lowest BCUT2D eigenvalue weighted by atomic mass is 10.2. The summed E-state index contributed by atoms with van der Waals surface area (Å²) in [5.74, 6) is 0.925. The second-order valence-electron chi connectivity index (χ2n) is 3.58. The lowest BCUT2D eigenvalue weighted by molar-refractivity contribution is 0.796. The molecule has 1 aromatic heterocycles. The average Bonchev–Trinajstić information content (AvgIpc) is 2.38. The van der Waals surface area contributed by atoms with Crippen LogP contribution in [0.4, 0.5) is 5.82 Å². The van der Waals surface area contributed by atoms with Crippen LogP contribution in [0.25, 0.3) is 0 Å². The molecular formula is C13H15N3. The normalized spacial score (nSPS) is 10.1. The fourth-order valence-corrected chi connectivity index (χ4v) is 1.62. The van der Waals surface area contributed by atoms with Crippen molar-refractivity contribution in [3.63, 3.8) is 0 Å². The Labute approximate surface area is 95.8 Å². The largest absolute Gasteiger partial charge is 0.351 e. The average molecular weight is 213 g/mol. The highest BCUT2D eigenvalue weighted by atomic mass is 15.2. The minimum Gasteiger partial charge on any atom is -0.351 e. The zero-order valence-electron chi connectivity index (χ0n) is 9.37. The highest BCUT2D eigenvalue weighted by Gasteiger charge is 2.05. The summed E-state index contributed by atoms with van der Waals surface area (Å²) in [6.45, 7) is 3.92. The standard InChI is InChI=1S/C13H15N3/c1-2-16(13-9-6-10-14-15-13)11-12-7-4-3-5-8-12/h3-10H,2,11H2,1H3. The monoisotopic (exact) mass is 213 g/mol. The molecule has 0 saturated carbocycles. The van der Waals surface area contributed by atoms with Crippen molar-refractivity contribution in [2.24, 2.45) is 0 Å². The number of nitrogens with zero attached hydrogens (tertiary/aromatic N) is 3. The first-order valence-corrected chi connectivity index (χ1v) is 5.46. The molecule has 0 atom stereocenters. The molecule has 16 heavy (non-hydrogen) atoms. The first-order chi connectivity index (χ1) is 7.90. The van der Waals surface area contributed by atoms with Gasteiger partial charge in [0.05, 0.1) is 0 Å². The summed E-state index contributed by atoms with van der Waals surface area (Å²) < 4.78 is 0. The fraction of sp³-hybridized carbons (Fsp3) is 0.231. The van der Waals surface area contributed by atoms with Crippen LogP contribution in [0.5, 0.6) is 0 Å². The van der Waals surface area contributed by atoms with Crippen LogP contribution in [-0.2, 0) is 6.54 Å². The molecular weight excluding hydrogens is 198 g/mol. The van der Waals surface area contributed by atoms with E-state index in [9.17, 15) is 0 Å². The van der Waals surface area contributed by atoms with Crippen LogP contribution in [0.3, 0.4) is 0 Å². The van der Waals surface area contributed by atoms with Gasteiger partial charge in [-0.15, -0.1) is 5.10 Å². The van der Waals surface area contributed by atoms with E-state index in [1.54, 1.807) is 6.20 Å². The molecule has 0 fully saturated rings. The van der Waals surface area contributed by atoms with E-state index < -0.39 is 0 Å². The smallest absolute Gasteiger partial charge is 0.151 e. The van der Waals surface area contributed by atoms with Crippen molar-refractivity contribution < 1.29 is 0 Å². The molecule has 1 aromatic carbocycles. The van der Waals surface area contributed by atoms with Gasteiger partial charge in [0.2, 0.25) is 0 Å². The van der Waals surface area contributed by atoms with E-state index in [4.69, 9.17) is 0 Å². The fourth-order valence-electron chi connectivity index (χ4n) is 1.62. The zero-order chi connectivity index (χ0) is 11.2. The summed E-state index contributed by atoms with van der Waals surface area (Å²) in [6.07, 6.45) is 1.69. The second kappa shape index (κ2) is 5.26. The predicted octanol–water partition coefficient (Wildman–Crippen LogP) is 2.50. The maximum atomic E-state index is 4.12. The van der Waals surface area contributed by atoms with Crippen LogP contribution in [0.15, 0.2) is 48.7 Å². The Bertz CT molecular complexity index is 414. The van der Waals surface area contributed by atoms with Gasteiger partial charge in [0.15, 0.2) is 5.82 Å². The number of aromatic nitrogens is 2. The highest BCUT2D eigenvalue weighted by molar-refractivity contribution is 5.37. The Morgan fingerprint density at radius 2 is 1.88 bits per heavy atom. The third-order valence-corrected chi connectivity index (χ3v) is 2.48. The number of hydrogen-bond acceptors (Lipinski definition) is 3. The molecule has 0 radical (unpaired) electrons. The van der Waals surface area contributed by atoms with E-state index in [1.165, 1.54) is 5.56 Å². The summed E-state index contributed by atoms with van der Waals surface area (Å²) in [4.78, 5) is 2.20. The zero-order valence-corrected chi connectivity index (χ0v) is 9.37. The first-order valence-electron chi connectivity index (χ1n) is 5.46. The lowest BCUT2D eigenvalue weighted by Crippen LogP contribution is -2.23. The van der Waals surface area contributed by atoms with Crippen LogP contribution in [-0.4, -0.2) is 16.7 Å². The van der Waals surface area contributed by atoms with Crippen LogP contribution in [0.2, 0.25) is 0 Å². The van der Waals surface area contributed by atoms with Gasteiger partial charge >= 0.3 is 0 Å². The highest BCUT2D eigenvalue weighted by Crippen LogP contribution is 2.12. The van der Waals surface area contributed by atoms with E-state index in [0.29, 0.717) is 0 Å². The van der Waals surface area contributed by atoms with Crippen molar-refractivity contribution >= 4 is 5.82 Å². The van der Waals surface area contributed by atoms with Gasteiger partial charge < -0.3 is 4.90 Å². The summed E-state index contributed by atoms with van der Waals surface area (Å²) >= 11 is 0. The Balaban J connectivity index is 2.13. The first kappa shape index (κ1) is 10.6. The summed E-state index contributed by atoms with van der Waals surface area (Å²) in [7, 11) is 0. The molecule has 3 nitrogen and oxygen atoms in total. The Kier molecular flexibility index (Phi) is 3.49. The molecule has 0 N–H and O–H groups in total. The summed E-state index contributed by atoms with van der Waals surface area (Å²) in [6, 6.07) is 14.3. The van der Waals surface area contributed by atoms with Crippen molar-refractivity contribution in [1.29, 1.82) is 0 Å². The molecule has 82 valence electrons. The molecule has 0 aliphatic rings. The number of hydrogen-bond donors (Lipinski definition) is 0. The van der Waals surface area contributed by atoms with Gasteiger partial charge in [0.25, 0.3) is 0 Å². The molecule has 0 saturated heterocycles. The van der Waals surface area contributed by atoms with Gasteiger partial charge in [0.1, 0.15) is 0 Å². The summed E-state index contributed by atoms with van der Waals surface area (Å²) in [5, 5.41) is 8.03. The van der Waals surface area contributed by atoms with Crippen LogP contribution in [0.1, 0.15) is 12.5 Å². The van der Waals surface area contributed by atoms with Gasteiger partial charge in [0, 0.05) is 19.3 Å². The molecule has 0 aliphatic carbocycles. The van der Waals surface area contributed by atoms with Gasteiger partial charge in [-0.25, -0.2) is 0 Å². The van der Waals surface area contributed by atoms with E-state index in [1.807, 2.05) is 18.2 Å². The third-order valence-electron chi connectivity index (χ3n) is 2.48. The lowest BCUT2D eigenvalue weighted by Gasteiger charge is -2.21.